The van der Waals surface area contributed by atoms with E-state index in [4.69, 9.17) is 140 Å². The van der Waals surface area contributed by atoms with Crippen molar-refractivity contribution >= 4 is 118 Å². The number of carbonyl (C=O) groups is 13. The van der Waals surface area contributed by atoms with Gasteiger partial charge in [-0.05, 0) is 6.42 Å². The monoisotopic (exact) mass is 1410 g/mol. The topological polar surface area (TPSA) is 452 Å². The summed E-state index contributed by atoms with van der Waals surface area (Å²) in [4.78, 5) is 165. The van der Waals surface area contributed by atoms with Crippen LogP contribution in [0.25, 0.3) is 0 Å². The molecule has 94 heavy (non-hydrogen) atoms. The second-order valence-corrected chi connectivity index (χ2v) is 23.2. The van der Waals surface area contributed by atoms with Crippen LogP contribution in [0.2, 0.25) is 0 Å². The molecule has 0 radical (unpaired) electrons. The second-order valence-electron chi connectivity index (χ2n) is 20.9. The summed E-state index contributed by atoms with van der Waals surface area (Å²) in [5, 5.41) is 10.7. The summed E-state index contributed by atoms with van der Waals surface area (Å²) in [5.41, 5.74) is 0. The minimum Gasteiger partial charge on any atom is -0.463 e. The SMILES string of the molecule is CC(=O)N[C@H]1[C@H](OCCCO[C@H]2[C@H](OC(C)=O)[C@@H](OC(C)=O)[C@@H](OC(=N)C(Cl)(Cl)Cl)O[C@@H]2COC(C)=O)O[C@H](CO[C@@H]2O[C@H](COC(C)=O)[C@@H](O[C@@H]3O[C@H](COC(C)=O)[C@H](OC(C)=O)[C@H](OC(C)=O)[C@H]3OC(C)=O)[C@H](OC(C)=O)[C@H]2OC(C)=O)[C@@H](OC(C)=O)[C@@H]1OC(C)=O. The first-order valence-electron chi connectivity index (χ1n) is 28.5. The summed E-state index contributed by atoms with van der Waals surface area (Å²) in [7, 11) is 0. The number of hydrogen-bond acceptors (Lipinski definition) is 35. The van der Waals surface area contributed by atoms with Gasteiger partial charge >= 0.3 is 71.6 Å². The molecule has 4 fully saturated rings. The van der Waals surface area contributed by atoms with Gasteiger partial charge in [0.25, 0.3) is 3.79 Å². The lowest BCUT2D eigenvalue weighted by atomic mass is 9.95. The molecule has 0 aromatic carbocycles. The molecule has 4 aliphatic rings. The maximum atomic E-state index is 13.2. The van der Waals surface area contributed by atoms with Gasteiger partial charge in [0.2, 0.25) is 24.2 Å². The fraction of sp³-hybridized carbons (Fsp3) is 0.745. The molecule has 1 amide bonds. The van der Waals surface area contributed by atoms with E-state index in [-0.39, 0.29) is 13.0 Å². The van der Waals surface area contributed by atoms with Gasteiger partial charge in [-0.25, -0.2) is 0 Å². The van der Waals surface area contributed by atoms with Crippen molar-refractivity contribution in [3.63, 3.8) is 0 Å². The molecule has 0 spiro atoms. The molecule has 4 rings (SSSR count). The standard InChI is InChI=1S/C55H75Cl3N2O34/c1-21(61)60-38-43(82-27(7)67)40(80-25(5)65)37(89-50(38)75-16-14-15-74-39-34(17-76-22(2)62)91-53(94-54(59)55(56,57)58)48(87-32(12)72)44(39)83-28(8)68)20-79-51-47(86-31(11)71)46(85-30(10)70)42(36(90-51)19-78-24(4)64)93-52-49(88-33(13)73)45(84-29(9)69)41(81-26(6)66)35(92-52)18-77-23(3)63/h34-53,59H,14-20H2,1-13H3,(H,60,61)/t34-,35-,36-,37-,38-,39-,40-,41+,42-,43-,44+,45+,46+,47-,48-,49-,50-,51-,52+,53-/m1/s1. The van der Waals surface area contributed by atoms with Crippen LogP contribution < -0.4 is 5.32 Å². The Kier molecular flexibility index (Phi) is 31.2. The first-order valence-corrected chi connectivity index (χ1v) is 29.7. The molecule has 0 unspecified atom stereocenters. The first-order chi connectivity index (χ1) is 43.9. The number of hydrogen-bond donors (Lipinski definition) is 2. The van der Waals surface area contributed by atoms with Gasteiger partial charge in [0, 0.05) is 96.6 Å². The number of esters is 12. The summed E-state index contributed by atoms with van der Waals surface area (Å²) in [5.74, 6) is -13.5. The van der Waals surface area contributed by atoms with Gasteiger partial charge in [-0.15, -0.1) is 0 Å². The predicted molar refractivity (Wildman–Crippen MR) is 302 cm³/mol. The molecule has 4 heterocycles. The van der Waals surface area contributed by atoms with E-state index in [2.05, 4.69) is 5.32 Å². The van der Waals surface area contributed by atoms with Crippen molar-refractivity contribution in [3.8, 4) is 0 Å². The third-order valence-electron chi connectivity index (χ3n) is 12.9. The Balaban J connectivity index is 1.78. The fourth-order valence-corrected chi connectivity index (χ4v) is 9.98. The highest BCUT2D eigenvalue weighted by molar-refractivity contribution is 6.76. The molecule has 20 atom stereocenters. The zero-order valence-electron chi connectivity index (χ0n) is 53.0. The highest BCUT2D eigenvalue weighted by atomic mass is 35.6. The molecule has 530 valence electrons. The van der Waals surface area contributed by atoms with Crippen LogP contribution in [-0.2, 0) is 162 Å². The Morgan fingerprint density at radius 2 is 0.660 bits per heavy atom. The maximum Gasteiger partial charge on any atom is 0.303 e. The molecule has 0 aliphatic carbocycles. The fourth-order valence-electron chi connectivity index (χ4n) is 9.84. The van der Waals surface area contributed by atoms with Crippen molar-refractivity contribution in [2.45, 2.75) is 223 Å². The summed E-state index contributed by atoms with van der Waals surface area (Å²) >= 11 is 17.5. The summed E-state index contributed by atoms with van der Waals surface area (Å²) in [6.07, 6.45) is -33.7. The Hall–Kier alpha value is -6.87. The molecule has 0 aromatic rings. The first kappa shape index (κ1) is 79.6. The van der Waals surface area contributed by atoms with Crippen LogP contribution in [0.3, 0.4) is 0 Å². The van der Waals surface area contributed by atoms with E-state index in [1.807, 2.05) is 0 Å². The van der Waals surface area contributed by atoms with Gasteiger partial charge < -0.3 is 105 Å². The van der Waals surface area contributed by atoms with Crippen molar-refractivity contribution in [1.82, 2.24) is 5.32 Å². The van der Waals surface area contributed by atoms with Crippen LogP contribution >= 0.6 is 34.8 Å². The van der Waals surface area contributed by atoms with Crippen molar-refractivity contribution < 1.29 is 162 Å². The Bertz CT molecular complexity index is 2730. The number of amides is 1. The van der Waals surface area contributed by atoms with Crippen LogP contribution in [-0.4, -0.2) is 250 Å². The zero-order valence-corrected chi connectivity index (χ0v) is 55.3. The lowest BCUT2D eigenvalue weighted by Crippen LogP contribution is -2.68. The van der Waals surface area contributed by atoms with E-state index < -0.39 is 243 Å². The van der Waals surface area contributed by atoms with Crippen LogP contribution in [0.4, 0.5) is 0 Å². The van der Waals surface area contributed by atoms with Gasteiger partial charge in [0.05, 0.1) is 13.2 Å². The smallest absolute Gasteiger partial charge is 0.303 e. The average Bonchev–Trinajstić information content (AvgIpc) is 0.785. The highest BCUT2D eigenvalue weighted by Crippen LogP contribution is 2.38. The average molecular weight is 1410 g/mol. The molecule has 0 bridgehead atoms. The van der Waals surface area contributed by atoms with Crippen molar-refractivity contribution in [2.75, 3.05) is 39.6 Å². The summed E-state index contributed by atoms with van der Waals surface area (Å²) in [6, 6.07) is -1.53. The van der Waals surface area contributed by atoms with E-state index in [0.717, 1.165) is 90.0 Å². The normalized spacial score (nSPS) is 30.6. The third-order valence-corrected chi connectivity index (χ3v) is 13.5. The third kappa shape index (κ3) is 25.0. The zero-order chi connectivity index (χ0) is 70.6. The lowest BCUT2D eigenvalue weighted by molar-refractivity contribution is -0.364. The molecular weight excluding hydrogens is 1340 g/mol. The number of carbonyl (C=O) groups excluding carboxylic acids is 13. The van der Waals surface area contributed by atoms with Gasteiger partial charge in [-0.2, -0.15) is 0 Å². The van der Waals surface area contributed by atoms with Crippen LogP contribution in [0.1, 0.15) is 96.4 Å². The number of ether oxygens (including phenoxy) is 21. The van der Waals surface area contributed by atoms with E-state index in [0.29, 0.717) is 0 Å². The summed E-state index contributed by atoms with van der Waals surface area (Å²) < 4.78 is 119. The molecule has 39 heteroatoms. The van der Waals surface area contributed by atoms with Crippen LogP contribution in [0, 0.1) is 5.41 Å². The Morgan fingerprint density at radius 3 is 1.10 bits per heavy atom. The molecule has 0 saturated carbocycles. The number of alkyl halides is 3. The molecule has 2 N–H and O–H groups in total. The minimum absolute atomic E-state index is 0.166. The van der Waals surface area contributed by atoms with Crippen LogP contribution in [0.5, 0.6) is 0 Å². The Morgan fingerprint density at radius 1 is 0.340 bits per heavy atom. The van der Waals surface area contributed by atoms with Crippen LogP contribution in [0.15, 0.2) is 0 Å². The summed E-state index contributed by atoms with van der Waals surface area (Å²) in [6.45, 7) is 9.05. The van der Waals surface area contributed by atoms with E-state index in [1.165, 1.54) is 0 Å². The predicted octanol–water partition coefficient (Wildman–Crippen LogP) is 0.0231. The van der Waals surface area contributed by atoms with Crippen molar-refractivity contribution in [3.05, 3.63) is 0 Å². The second kappa shape index (κ2) is 36.9. The van der Waals surface area contributed by atoms with Gasteiger partial charge in [0.15, 0.2) is 67.7 Å². The van der Waals surface area contributed by atoms with E-state index in [9.17, 15) is 62.3 Å². The molecule has 4 aliphatic heterocycles. The molecule has 36 nitrogen and oxygen atoms in total. The molecular formula is C55H75Cl3N2O34. The maximum absolute atomic E-state index is 13.2. The lowest BCUT2D eigenvalue weighted by Gasteiger charge is -2.49. The molecule has 0 aromatic heterocycles. The van der Waals surface area contributed by atoms with E-state index in [1.54, 1.807) is 0 Å². The van der Waals surface area contributed by atoms with Gasteiger partial charge in [0.1, 0.15) is 62.5 Å². The Labute approximate surface area is 551 Å². The van der Waals surface area contributed by atoms with Crippen molar-refractivity contribution in [2.24, 2.45) is 0 Å². The van der Waals surface area contributed by atoms with Crippen molar-refractivity contribution in [1.29, 1.82) is 5.41 Å². The van der Waals surface area contributed by atoms with Gasteiger partial charge in [-0.3, -0.25) is 67.7 Å². The minimum atomic E-state index is -2.48. The highest BCUT2D eigenvalue weighted by Gasteiger charge is 2.59. The van der Waals surface area contributed by atoms with Gasteiger partial charge in [-0.1, -0.05) is 34.8 Å². The molecule has 4 saturated heterocycles. The number of nitrogens with one attached hydrogen (secondary N) is 2. The number of rotatable bonds is 28. The number of halogens is 3. The largest absolute Gasteiger partial charge is 0.463 e. The quantitative estimate of drug-likeness (QED) is 0.0260. The van der Waals surface area contributed by atoms with E-state index >= 15 is 0 Å².